The molecule has 2 aromatic rings. The van der Waals surface area contributed by atoms with Crippen molar-refractivity contribution in [2.24, 2.45) is 0 Å². The predicted octanol–water partition coefficient (Wildman–Crippen LogP) is 3.84. The average molecular weight is 290 g/mol. The first kappa shape index (κ1) is 14.8. The van der Waals surface area contributed by atoms with E-state index in [1.54, 1.807) is 6.33 Å². The molecular formula is C15H22N4S. The van der Waals surface area contributed by atoms with Crippen LogP contribution in [0, 0.1) is 6.92 Å². The Hall–Kier alpha value is -1.62. The maximum atomic E-state index is 4.40. The van der Waals surface area contributed by atoms with Crippen molar-refractivity contribution in [3.05, 3.63) is 33.8 Å². The zero-order valence-corrected chi connectivity index (χ0v) is 13.2. The molecule has 0 aliphatic rings. The van der Waals surface area contributed by atoms with Crippen LogP contribution in [0.3, 0.4) is 0 Å². The zero-order chi connectivity index (χ0) is 14.4. The first-order chi connectivity index (χ1) is 9.74. The van der Waals surface area contributed by atoms with Crippen molar-refractivity contribution in [2.75, 3.05) is 17.2 Å². The minimum atomic E-state index is 0.817. The number of nitrogens with zero attached hydrogens (tertiary/aromatic N) is 2. The van der Waals surface area contributed by atoms with Crippen LogP contribution in [0.25, 0.3) is 0 Å². The van der Waals surface area contributed by atoms with Crippen molar-refractivity contribution in [1.29, 1.82) is 0 Å². The summed E-state index contributed by atoms with van der Waals surface area (Å²) in [6.45, 7) is 8.08. The van der Waals surface area contributed by atoms with Gasteiger partial charge in [-0.05, 0) is 32.4 Å². The number of aryl methyl sites for hydroxylation is 1. The van der Waals surface area contributed by atoms with Crippen molar-refractivity contribution in [3.8, 4) is 0 Å². The molecule has 4 nitrogen and oxygen atoms in total. The maximum absolute atomic E-state index is 4.40. The van der Waals surface area contributed by atoms with Crippen LogP contribution in [-0.4, -0.2) is 16.5 Å². The van der Waals surface area contributed by atoms with E-state index < -0.39 is 0 Å². The number of nitrogens with one attached hydrogen (secondary N) is 2. The smallest absolute Gasteiger partial charge is 0.135 e. The Morgan fingerprint density at radius 2 is 1.85 bits per heavy atom. The molecule has 0 unspecified atom stereocenters. The minimum Gasteiger partial charge on any atom is -0.370 e. The van der Waals surface area contributed by atoms with Crippen LogP contribution in [0.5, 0.6) is 0 Å². The molecule has 5 heteroatoms. The van der Waals surface area contributed by atoms with Gasteiger partial charge in [0.15, 0.2) is 0 Å². The van der Waals surface area contributed by atoms with E-state index in [9.17, 15) is 0 Å². The fraction of sp³-hybridized carbons (Fsp3) is 0.467. The Kier molecular flexibility index (Phi) is 5.35. The Morgan fingerprint density at radius 1 is 1.10 bits per heavy atom. The standard InChI is InChI=1S/C15H22N4S/c1-4-6-13-14(16-5-2)18-10-19-15(13)17-9-12-8-7-11(3)20-12/h7-8,10H,4-6,9H2,1-3H3,(H2,16,17,18,19). The molecule has 2 aromatic heterocycles. The molecule has 0 saturated carbocycles. The molecule has 0 saturated heterocycles. The van der Waals surface area contributed by atoms with Gasteiger partial charge in [-0.25, -0.2) is 9.97 Å². The Balaban J connectivity index is 2.14. The summed E-state index contributed by atoms with van der Waals surface area (Å²) >= 11 is 1.82. The van der Waals surface area contributed by atoms with Crippen LogP contribution in [0.1, 0.15) is 35.6 Å². The van der Waals surface area contributed by atoms with E-state index in [2.05, 4.69) is 53.5 Å². The molecule has 20 heavy (non-hydrogen) atoms. The highest BCUT2D eigenvalue weighted by Crippen LogP contribution is 2.23. The number of rotatable bonds is 7. The van der Waals surface area contributed by atoms with Crippen LogP contribution in [0.2, 0.25) is 0 Å². The van der Waals surface area contributed by atoms with E-state index in [0.717, 1.165) is 37.6 Å². The molecule has 0 amide bonds. The third kappa shape index (κ3) is 3.70. The molecule has 108 valence electrons. The van der Waals surface area contributed by atoms with E-state index in [4.69, 9.17) is 0 Å². The molecule has 0 aliphatic heterocycles. The zero-order valence-electron chi connectivity index (χ0n) is 12.4. The second-order valence-electron chi connectivity index (χ2n) is 4.70. The molecule has 2 rings (SSSR count). The summed E-state index contributed by atoms with van der Waals surface area (Å²) in [7, 11) is 0. The maximum Gasteiger partial charge on any atom is 0.135 e. The molecule has 0 aliphatic carbocycles. The number of anilines is 2. The van der Waals surface area contributed by atoms with Gasteiger partial charge in [-0.1, -0.05) is 13.3 Å². The third-order valence-corrected chi connectivity index (χ3v) is 4.02. The summed E-state index contributed by atoms with van der Waals surface area (Å²) in [5, 5.41) is 6.76. The summed E-state index contributed by atoms with van der Waals surface area (Å²) in [6, 6.07) is 4.32. The topological polar surface area (TPSA) is 49.8 Å². The van der Waals surface area contributed by atoms with Crippen molar-refractivity contribution in [2.45, 2.75) is 40.2 Å². The largest absolute Gasteiger partial charge is 0.370 e. The number of hydrogen-bond donors (Lipinski definition) is 2. The Bertz CT molecular complexity index is 551. The van der Waals surface area contributed by atoms with Gasteiger partial charge in [-0.15, -0.1) is 11.3 Å². The molecule has 0 radical (unpaired) electrons. The lowest BCUT2D eigenvalue weighted by atomic mass is 10.1. The van der Waals surface area contributed by atoms with Gasteiger partial charge in [0.2, 0.25) is 0 Å². The number of thiophene rings is 1. The Morgan fingerprint density at radius 3 is 2.45 bits per heavy atom. The fourth-order valence-corrected chi connectivity index (χ4v) is 2.95. The molecule has 0 aromatic carbocycles. The Labute approximate surface area is 124 Å². The van der Waals surface area contributed by atoms with Gasteiger partial charge in [-0.3, -0.25) is 0 Å². The van der Waals surface area contributed by atoms with Crippen LogP contribution in [-0.2, 0) is 13.0 Å². The molecule has 2 heterocycles. The third-order valence-electron chi connectivity index (χ3n) is 3.02. The van der Waals surface area contributed by atoms with Gasteiger partial charge < -0.3 is 10.6 Å². The first-order valence-electron chi connectivity index (χ1n) is 7.11. The summed E-state index contributed by atoms with van der Waals surface area (Å²) < 4.78 is 0. The van der Waals surface area contributed by atoms with Crippen LogP contribution in [0.15, 0.2) is 18.5 Å². The SMILES string of the molecule is CCCc1c(NCC)ncnc1NCc1ccc(C)s1. The summed E-state index contributed by atoms with van der Waals surface area (Å²) in [6.07, 6.45) is 3.69. The highest BCUT2D eigenvalue weighted by Gasteiger charge is 2.10. The van der Waals surface area contributed by atoms with Crippen LogP contribution < -0.4 is 10.6 Å². The molecule has 0 bridgehead atoms. The molecular weight excluding hydrogens is 268 g/mol. The van der Waals surface area contributed by atoms with Gasteiger partial charge in [0.05, 0.1) is 6.54 Å². The lowest BCUT2D eigenvalue weighted by Gasteiger charge is -2.14. The molecule has 0 atom stereocenters. The molecule has 2 N–H and O–H groups in total. The van der Waals surface area contributed by atoms with Gasteiger partial charge >= 0.3 is 0 Å². The normalized spacial score (nSPS) is 10.6. The van der Waals surface area contributed by atoms with E-state index in [1.807, 2.05) is 11.3 Å². The highest BCUT2D eigenvalue weighted by molar-refractivity contribution is 7.11. The average Bonchev–Trinajstić information content (AvgIpc) is 2.85. The monoisotopic (exact) mass is 290 g/mol. The number of aromatic nitrogens is 2. The second-order valence-corrected chi connectivity index (χ2v) is 6.07. The quantitative estimate of drug-likeness (QED) is 0.813. The second kappa shape index (κ2) is 7.24. The van der Waals surface area contributed by atoms with E-state index in [-0.39, 0.29) is 0 Å². The van der Waals surface area contributed by atoms with E-state index in [0.29, 0.717) is 0 Å². The van der Waals surface area contributed by atoms with Crippen molar-refractivity contribution < 1.29 is 0 Å². The summed E-state index contributed by atoms with van der Waals surface area (Å²) in [4.78, 5) is 11.4. The predicted molar refractivity (Wildman–Crippen MR) is 86.6 cm³/mol. The summed E-state index contributed by atoms with van der Waals surface area (Å²) in [5.41, 5.74) is 1.19. The van der Waals surface area contributed by atoms with E-state index in [1.165, 1.54) is 15.3 Å². The van der Waals surface area contributed by atoms with Crippen molar-refractivity contribution >= 4 is 23.0 Å². The fourth-order valence-electron chi connectivity index (χ4n) is 2.12. The van der Waals surface area contributed by atoms with Crippen LogP contribution in [0.4, 0.5) is 11.6 Å². The molecule has 0 fully saturated rings. The molecule has 0 spiro atoms. The van der Waals surface area contributed by atoms with Gasteiger partial charge in [0.25, 0.3) is 0 Å². The minimum absolute atomic E-state index is 0.817. The van der Waals surface area contributed by atoms with Gasteiger partial charge in [0.1, 0.15) is 18.0 Å². The summed E-state index contributed by atoms with van der Waals surface area (Å²) in [5.74, 6) is 1.90. The van der Waals surface area contributed by atoms with Crippen molar-refractivity contribution in [3.63, 3.8) is 0 Å². The number of hydrogen-bond acceptors (Lipinski definition) is 5. The van der Waals surface area contributed by atoms with E-state index >= 15 is 0 Å². The van der Waals surface area contributed by atoms with Gasteiger partial charge in [0, 0.05) is 21.9 Å². The highest BCUT2D eigenvalue weighted by atomic mass is 32.1. The first-order valence-corrected chi connectivity index (χ1v) is 7.93. The van der Waals surface area contributed by atoms with Gasteiger partial charge in [-0.2, -0.15) is 0 Å². The van der Waals surface area contributed by atoms with Crippen molar-refractivity contribution in [1.82, 2.24) is 9.97 Å². The van der Waals surface area contributed by atoms with Crippen LogP contribution >= 0.6 is 11.3 Å². The lowest BCUT2D eigenvalue weighted by molar-refractivity contribution is 0.896. The lowest BCUT2D eigenvalue weighted by Crippen LogP contribution is -2.09.